The molecule has 0 unspecified atom stereocenters. The molecule has 206 valence electrons. The largest absolute Gasteiger partial charge is 0.481 e. The fraction of sp³-hybridized carbons (Fsp3) is 0.367. The van der Waals surface area contributed by atoms with Gasteiger partial charge in [-0.05, 0) is 48.2 Å². The number of aliphatic hydroxyl groups is 1. The van der Waals surface area contributed by atoms with Crippen molar-refractivity contribution in [2.75, 3.05) is 11.1 Å². The van der Waals surface area contributed by atoms with Gasteiger partial charge in [-0.1, -0.05) is 48.9 Å². The number of hydrogen-bond acceptors (Lipinski definition) is 7. The van der Waals surface area contributed by atoms with Crippen LogP contribution >= 0.6 is 11.8 Å². The predicted octanol–water partition coefficient (Wildman–Crippen LogP) is 5.89. The Labute approximate surface area is 232 Å². The molecule has 9 heteroatoms. The third-order valence-electron chi connectivity index (χ3n) is 6.41. The van der Waals surface area contributed by atoms with Crippen LogP contribution in [-0.2, 0) is 25.7 Å². The molecule has 4 rings (SSSR count). The monoisotopic (exact) mass is 550 g/mol. The van der Waals surface area contributed by atoms with E-state index in [0.29, 0.717) is 43.5 Å². The minimum absolute atomic E-state index is 0.0122. The van der Waals surface area contributed by atoms with E-state index in [2.05, 4.69) is 10.3 Å². The summed E-state index contributed by atoms with van der Waals surface area (Å²) in [7, 11) is 0. The minimum Gasteiger partial charge on any atom is -0.481 e. The van der Waals surface area contributed by atoms with Gasteiger partial charge in [-0.3, -0.25) is 9.59 Å². The lowest BCUT2D eigenvalue weighted by atomic mass is 10.0. The maximum Gasteiger partial charge on any atom is 0.303 e. The van der Waals surface area contributed by atoms with Crippen molar-refractivity contribution >= 4 is 29.3 Å². The summed E-state index contributed by atoms with van der Waals surface area (Å²) in [4.78, 5) is 27.5. The molecule has 8 nitrogen and oxygen atoms in total. The molecule has 0 bridgehead atoms. The van der Waals surface area contributed by atoms with Gasteiger partial charge in [0.05, 0.1) is 23.8 Å². The molecule has 39 heavy (non-hydrogen) atoms. The Morgan fingerprint density at radius 1 is 0.949 bits per heavy atom. The maximum atomic E-state index is 12.4. The molecule has 3 N–H and O–H groups in total. The molecule has 1 fully saturated rings. The molecule has 1 saturated heterocycles. The average Bonchev–Trinajstić information content (AvgIpc) is 2.96. The van der Waals surface area contributed by atoms with Gasteiger partial charge in [-0.2, -0.15) is 0 Å². The van der Waals surface area contributed by atoms with Crippen molar-refractivity contribution in [1.29, 1.82) is 0 Å². The van der Waals surface area contributed by atoms with Gasteiger partial charge in [0.15, 0.2) is 6.29 Å². The highest BCUT2D eigenvalue weighted by Gasteiger charge is 2.32. The number of anilines is 1. The SMILES string of the molecule is O=C(O)CCCCCC(=O)Nc1cccc([C@@H]2O[C@H](CSc3ccccn3)C[C@H](c3ccc(CO)cc3)O2)c1. The standard InChI is InChI=1S/C30H34N2O6S/c33-19-21-12-14-22(15-13-21)26-18-25(20-39-28-10-4-5-16-31-28)37-30(38-26)23-7-6-8-24(17-23)32-27(34)9-2-1-3-11-29(35)36/h4-8,10,12-17,25-26,30,33H,1-3,9,11,18-20H2,(H,32,34)(H,35,36)/t25-,26+,30+/m0/s1. The number of aromatic nitrogens is 1. The number of carbonyl (C=O) groups excluding carboxylic acids is 1. The summed E-state index contributed by atoms with van der Waals surface area (Å²) in [6, 6.07) is 21.1. The van der Waals surface area contributed by atoms with E-state index in [1.807, 2.05) is 66.7 Å². The molecule has 1 amide bonds. The number of hydrogen-bond donors (Lipinski definition) is 3. The summed E-state index contributed by atoms with van der Waals surface area (Å²) in [6.45, 7) is -0.0122. The number of rotatable bonds is 13. The number of ether oxygens (including phenoxy) is 2. The van der Waals surface area contributed by atoms with Crippen molar-refractivity contribution < 1.29 is 29.3 Å². The van der Waals surface area contributed by atoms with Gasteiger partial charge in [0, 0.05) is 42.5 Å². The van der Waals surface area contributed by atoms with Crippen LogP contribution in [0.25, 0.3) is 0 Å². The first-order valence-electron chi connectivity index (χ1n) is 13.2. The van der Waals surface area contributed by atoms with Crippen LogP contribution in [-0.4, -0.2) is 38.9 Å². The van der Waals surface area contributed by atoms with Gasteiger partial charge in [-0.15, -0.1) is 11.8 Å². The second-order valence-electron chi connectivity index (χ2n) is 9.46. The van der Waals surface area contributed by atoms with Crippen LogP contribution in [0.1, 0.15) is 67.6 Å². The van der Waals surface area contributed by atoms with Gasteiger partial charge < -0.3 is 25.0 Å². The molecular formula is C30H34N2O6S. The number of aliphatic hydroxyl groups excluding tert-OH is 1. The third-order valence-corrected chi connectivity index (χ3v) is 7.48. The molecule has 0 spiro atoms. The van der Waals surface area contributed by atoms with E-state index in [4.69, 9.17) is 14.6 Å². The third kappa shape index (κ3) is 9.18. The number of pyridine rings is 1. The zero-order chi connectivity index (χ0) is 27.5. The quantitative estimate of drug-likeness (QED) is 0.178. The number of carboxylic acid groups (broad SMARTS) is 1. The van der Waals surface area contributed by atoms with Crippen LogP contribution in [0.15, 0.2) is 78.0 Å². The van der Waals surface area contributed by atoms with Crippen LogP contribution in [0.4, 0.5) is 5.69 Å². The van der Waals surface area contributed by atoms with Crippen LogP contribution < -0.4 is 5.32 Å². The molecule has 0 saturated carbocycles. The smallest absolute Gasteiger partial charge is 0.303 e. The predicted molar refractivity (Wildman–Crippen MR) is 149 cm³/mol. The number of amides is 1. The van der Waals surface area contributed by atoms with Crippen molar-refractivity contribution in [2.45, 2.75) is 68.7 Å². The highest BCUT2D eigenvalue weighted by Crippen LogP contribution is 2.39. The number of carbonyl (C=O) groups is 2. The average molecular weight is 551 g/mol. The second kappa shape index (κ2) is 14.8. The van der Waals surface area contributed by atoms with E-state index in [1.165, 1.54) is 0 Å². The summed E-state index contributed by atoms with van der Waals surface area (Å²) in [5.41, 5.74) is 3.32. The fourth-order valence-electron chi connectivity index (χ4n) is 4.36. The molecule has 2 heterocycles. The zero-order valence-corrected chi connectivity index (χ0v) is 22.5. The first kappa shape index (κ1) is 28.8. The first-order valence-corrected chi connectivity index (χ1v) is 14.1. The van der Waals surface area contributed by atoms with Crippen LogP contribution in [0.2, 0.25) is 0 Å². The first-order chi connectivity index (χ1) is 19.0. The number of aliphatic carboxylic acids is 1. The number of carboxylic acids is 1. The van der Waals surface area contributed by atoms with Gasteiger partial charge >= 0.3 is 5.97 Å². The van der Waals surface area contributed by atoms with Crippen molar-refractivity contribution in [2.24, 2.45) is 0 Å². The van der Waals surface area contributed by atoms with E-state index >= 15 is 0 Å². The van der Waals surface area contributed by atoms with E-state index < -0.39 is 12.3 Å². The van der Waals surface area contributed by atoms with Crippen molar-refractivity contribution in [3.05, 3.63) is 89.6 Å². The van der Waals surface area contributed by atoms with E-state index in [9.17, 15) is 14.7 Å². The summed E-state index contributed by atoms with van der Waals surface area (Å²) in [6.07, 6.45) is 3.89. The van der Waals surface area contributed by atoms with Crippen LogP contribution in [0.5, 0.6) is 0 Å². The van der Waals surface area contributed by atoms with E-state index in [0.717, 1.165) is 21.7 Å². The Hall–Kier alpha value is -3.24. The molecule has 3 aromatic rings. The Kier molecular flexibility index (Phi) is 10.9. The summed E-state index contributed by atoms with van der Waals surface area (Å²) in [5, 5.41) is 22.0. The van der Waals surface area contributed by atoms with E-state index in [-0.39, 0.29) is 31.1 Å². The maximum absolute atomic E-state index is 12.4. The minimum atomic E-state index is -0.814. The molecule has 0 aliphatic carbocycles. The lowest BCUT2D eigenvalue weighted by Gasteiger charge is -2.36. The molecule has 1 aliphatic heterocycles. The molecule has 3 atom stereocenters. The van der Waals surface area contributed by atoms with Crippen molar-refractivity contribution in [3.8, 4) is 0 Å². The zero-order valence-electron chi connectivity index (χ0n) is 21.7. The van der Waals surface area contributed by atoms with E-state index in [1.54, 1.807) is 18.0 Å². The van der Waals surface area contributed by atoms with Gasteiger partial charge in [-0.25, -0.2) is 4.98 Å². The van der Waals surface area contributed by atoms with Gasteiger partial charge in [0.25, 0.3) is 0 Å². The summed E-state index contributed by atoms with van der Waals surface area (Å²) >= 11 is 1.64. The molecule has 0 radical (unpaired) electrons. The molecule has 1 aliphatic rings. The highest BCUT2D eigenvalue weighted by atomic mass is 32.2. The fourth-order valence-corrected chi connectivity index (χ4v) is 5.24. The highest BCUT2D eigenvalue weighted by molar-refractivity contribution is 7.99. The number of thioether (sulfide) groups is 1. The van der Waals surface area contributed by atoms with Crippen molar-refractivity contribution in [1.82, 2.24) is 4.98 Å². The normalized spacial score (nSPS) is 18.9. The Bertz CT molecular complexity index is 1210. The Balaban J connectivity index is 1.42. The van der Waals surface area contributed by atoms with Crippen molar-refractivity contribution in [3.63, 3.8) is 0 Å². The number of nitrogens with one attached hydrogen (secondary N) is 1. The van der Waals surface area contributed by atoms with Crippen LogP contribution in [0, 0.1) is 0 Å². The second-order valence-corrected chi connectivity index (χ2v) is 10.5. The summed E-state index contributed by atoms with van der Waals surface area (Å²) < 4.78 is 12.8. The number of benzene rings is 2. The Morgan fingerprint density at radius 3 is 2.51 bits per heavy atom. The lowest BCUT2D eigenvalue weighted by molar-refractivity contribution is -0.245. The van der Waals surface area contributed by atoms with Crippen LogP contribution in [0.3, 0.4) is 0 Å². The molecule has 1 aromatic heterocycles. The van der Waals surface area contributed by atoms with Gasteiger partial charge in [0.2, 0.25) is 5.91 Å². The molecular weight excluding hydrogens is 516 g/mol. The summed E-state index contributed by atoms with van der Waals surface area (Å²) in [5.74, 6) is -0.217. The topological polar surface area (TPSA) is 118 Å². The molecule has 2 aromatic carbocycles. The lowest BCUT2D eigenvalue weighted by Crippen LogP contribution is -2.31. The number of unbranched alkanes of at least 4 members (excludes halogenated alkanes) is 2. The van der Waals surface area contributed by atoms with Gasteiger partial charge in [0.1, 0.15) is 0 Å². The Morgan fingerprint density at radius 2 is 1.77 bits per heavy atom. The number of nitrogens with zero attached hydrogens (tertiary/aromatic N) is 1.